The molecule has 3 aromatic rings. The van der Waals surface area contributed by atoms with Gasteiger partial charge in [-0.2, -0.15) is 0 Å². The third kappa shape index (κ3) is 5.01. The molecule has 0 radical (unpaired) electrons. The SMILES string of the molecule is Cc1nc(-c2ccncc2)[nH]c(=O)c1CC(=O)NCCc1cccc(Cl)c1. The summed E-state index contributed by atoms with van der Waals surface area (Å²) in [5.74, 6) is 0.245. The van der Waals surface area contributed by atoms with Crippen molar-refractivity contribution in [3.63, 3.8) is 0 Å². The Hall–Kier alpha value is -2.99. The molecule has 0 unspecified atom stereocenters. The zero-order valence-electron chi connectivity index (χ0n) is 14.8. The van der Waals surface area contributed by atoms with Gasteiger partial charge in [-0.25, -0.2) is 4.98 Å². The Bertz CT molecular complexity index is 1000. The zero-order chi connectivity index (χ0) is 19.2. The van der Waals surface area contributed by atoms with Gasteiger partial charge in [-0.15, -0.1) is 0 Å². The summed E-state index contributed by atoms with van der Waals surface area (Å²) >= 11 is 5.95. The molecule has 2 heterocycles. The monoisotopic (exact) mass is 382 g/mol. The molecule has 7 heteroatoms. The molecule has 0 aliphatic heterocycles. The number of hydrogen-bond donors (Lipinski definition) is 2. The average Bonchev–Trinajstić information content (AvgIpc) is 2.65. The zero-order valence-corrected chi connectivity index (χ0v) is 15.6. The molecule has 0 saturated heterocycles. The number of nitrogens with one attached hydrogen (secondary N) is 2. The van der Waals surface area contributed by atoms with E-state index in [2.05, 4.69) is 20.3 Å². The van der Waals surface area contributed by atoms with Crippen LogP contribution < -0.4 is 10.9 Å². The van der Waals surface area contributed by atoms with Crippen molar-refractivity contribution in [3.05, 3.63) is 81.0 Å². The summed E-state index contributed by atoms with van der Waals surface area (Å²) in [5, 5.41) is 3.50. The predicted molar refractivity (Wildman–Crippen MR) is 105 cm³/mol. The van der Waals surface area contributed by atoms with Gasteiger partial charge in [-0.05, 0) is 43.2 Å². The van der Waals surface area contributed by atoms with Crippen LogP contribution in [0.4, 0.5) is 0 Å². The number of aromatic amines is 1. The smallest absolute Gasteiger partial charge is 0.255 e. The first-order valence-corrected chi connectivity index (χ1v) is 8.92. The van der Waals surface area contributed by atoms with Crippen LogP contribution in [0.1, 0.15) is 16.8 Å². The summed E-state index contributed by atoms with van der Waals surface area (Å²) in [6, 6.07) is 11.0. The Kier molecular flexibility index (Phi) is 5.98. The maximum atomic E-state index is 12.4. The number of H-pyrrole nitrogens is 1. The second-order valence-electron chi connectivity index (χ2n) is 6.12. The predicted octanol–water partition coefficient (Wildman–Crippen LogP) is 2.70. The van der Waals surface area contributed by atoms with Crippen molar-refractivity contribution in [2.75, 3.05) is 6.54 Å². The average molecular weight is 383 g/mol. The van der Waals surface area contributed by atoms with Gasteiger partial charge >= 0.3 is 0 Å². The first-order chi connectivity index (χ1) is 13.0. The third-order valence-corrected chi connectivity index (χ3v) is 4.37. The Balaban J connectivity index is 1.63. The molecule has 0 saturated carbocycles. The number of carbonyl (C=O) groups is 1. The van der Waals surface area contributed by atoms with Gasteiger partial charge in [0.2, 0.25) is 5.91 Å². The van der Waals surface area contributed by atoms with E-state index in [-0.39, 0.29) is 17.9 Å². The molecule has 0 fully saturated rings. The van der Waals surface area contributed by atoms with Gasteiger partial charge in [-0.1, -0.05) is 23.7 Å². The molecule has 27 heavy (non-hydrogen) atoms. The van der Waals surface area contributed by atoms with Gasteiger partial charge < -0.3 is 10.3 Å². The van der Waals surface area contributed by atoms with Gasteiger partial charge in [0, 0.05) is 40.8 Å². The first kappa shape index (κ1) is 18.8. The van der Waals surface area contributed by atoms with Gasteiger partial charge in [0.15, 0.2) is 0 Å². The van der Waals surface area contributed by atoms with Gasteiger partial charge in [0.1, 0.15) is 5.82 Å². The minimum Gasteiger partial charge on any atom is -0.355 e. The van der Waals surface area contributed by atoms with Crippen LogP contribution in [-0.4, -0.2) is 27.4 Å². The van der Waals surface area contributed by atoms with E-state index in [0.29, 0.717) is 35.1 Å². The van der Waals surface area contributed by atoms with E-state index in [1.807, 2.05) is 18.2 Å². The number of aromatic nitrogens is 3. The van der Waals surface area contributed by atoms with Crippen molar-refractivity contribution in [2.24, 2.45) is 0 Å². The highest BCUT2D eigenvalue weighted by molar-refractivity contribution is 6.30. The minimum atomic E-state index is -0.306. The third-order valence-electron chi connectivity index (χ3n) is 4.14. The minimum absolute atomic E-state index is 0.0136. The fraction of sp³-hybridized carbons (Fsp3) is 0.200. The number of benzene rings is 1. The lowest BCUT2D eigenvalue weighted by atomic mass is 10.1. The number of pyridine rings is 1. The number of halogens is 1. The van der Waals surface area contributed by atoms with Crippen LogP contribution in [0, 0.1) is 6.92 Å². The number of rotatable bonds is 6. The molecule has 1 amide bonds. The van der Waals surface area contributed by atoms with E-state index in [0.717, 1.165) is 11.1 Å². The summed E-state index contributed by atoms with van der Waals surface area (Å²) in [6.07, 6.45) is 3.92. The van der Waals surface area contributed by atoms with Crippen LogP contribution in [-0.2, 0) is 17.6 Å². The van der Waals surface area contributed by atoms with Crippen LogP contribution in [0.25, 0.3) is 11.4 Å². The molecule has 0 aliphatic rings. The molecule has 6 nitrogen and oxygen atoms in total. The fourth-order valence-electron chi connectivity index (χ4n) is 2.73. The number of nitrogens with zero attached hydrogens (tertiary/aromatic N) is 2. The molecular formula is C20H19ClN4O2. The van der Waals surface area contributed by atoms with E-state index in [4.69, 9.17) is 11.6 Å². The van der Waals surface area contributed by atoms with E-state index in [9.17, 15) is 9.59 Å². The second-order valence-corrected chi connectivity index (χ2v) is 6.56. The largest absolute Gasteiger partial charge is 0.355 e. The summed E-state index contributed by atoms with van der Waals surface area (Å²) in [4.78, 5) is 35.7. The van der Waals surface area contributed by atoms with Gasteiger partial charge in [-0.3, -0.25) is 14.6 Å². The van der Waals surface area contributed by atoms with Crippen LogP contribution in [0.15, 0.2) is 53.6 Å². The van der Waals surface area contributed by atoms with Crippen molar-refractivity contribution in [3.8, 4) is 11.4 Å². The second kappa shape index (κ2) is 8.60. The maximum absolute atomic E-state index is 12.4. The standard InChI is InChI=1S/C20H19ClN4O2/c1-13-17(20(27)25-19(24-13)15-6-8-22-9-7-15)12-18(26)23-10-5-14-3-2-4-16(21)11-14/h2-4,6-9,11H,5,10,12H2,1H3,(H,23,26)(H,24,25,27). The van der Waals surface area contributed by atoms with Crippen LogP contribution in [0.3, 0.4) is 0 Å². The van der Waals surface area contributed by atoms with Crippen molar-refractivity contribution in [2.45, 2.75) is 19.8 Å². The number of amides is 1. The number of hydrogen-bond acceptors (Lipinski definition) is 4. The highest BCUT2D eigenvalue weighted by Gasteiger charge is 2.13. The maximum Gasteiger partial charge on any atom is 0.255 e. The molecule has 0 atom stereocenters. The number of aryl methyl sites for hydroxylation is 1. The topological polar surface area (TPSA) is 87.7 Å². The van der Waals surface area contributed by atoms with E-state index < -0.39 is 0 Å². The quantitative estimate of drug-likeness (QED) is 0.686. The molecular weight excluding hydrogens is 364 g/mol. The molecule has 3 rings (SSSR count). The Morgan fingerprint density at radius 2 is 2.00 bits per heavy atom. The summed E-state index contributed by atoms with van der Waals surface area (Å²) in [7, 11) is 0. The fourth-order valence-corrected chi connectivity index (χ4v) is 2.94. The Morgan fingerprint density at radius 3 is 2.70 bits per heavy atom. The summed E-state index contributed by atoms with van der Waals surface area (Å²) in [6.45, 7) is 2.20. The summed E-state index contributed by atoms with van der Waals surface area (Å²) in [5.41, 5.74) is 2.41. The molecule has 2 aromatic heterocycles. The molecule has 1 aromatic carbocycles. The Morgan fingerprint density at radius 1 is 1.22 bits per heavy atom. The van der Waals surface area contributed by atoms with Crippen molar-refractivity contribution in [1.29, 1.82) is 0 Å². The molecule has 0 aliphatic carbocycles. The van der Waals surface area contributed by atoms with E-state index in [1.165, 1.54) is 0 Å². The Labute approximate surface area is 161 Å². The molecule has 0 spiro atoms. The van der Waals surface area contributed by atoms with Crippen molar-refractivity contribution < 1.29 is 4.79 Å². The van der Waals surface area contributed by atoms with E-state index in [1.54, 1.807) is 37.5 Å². The summed E-state index contributed by atoms with van der Waals surface area (Å²) < 4.78 is 0. The normalized spacial score (nSPS) is 10.6. The van der Waals surface area contributed by atoms with Gasteiger partial charge in [0.05, 0.1) is 6.42 Å². The van der Waals surface area contributed by atoms with Crippen LogP contribution in [0.2, 0.25) is 5.02 Å². The van der Waals surface area contributed by atoms with Crippen LogP contribution in [0.5, 0.6) is 0 Å². The van der Waals surface area contributed by atoms with Crippen LogP contribution >= 0.6 is 11.6 Å². The lowest BCUT2D eigenvalue weighted by Gasteiger charge is -2.08. The first-order valence-electron chi connectivity index (χ1n) is 8.54. The van der Waals surface area contributed by atoms with Gasteiger partial charge in [0.25, 0.3) is 5.56 Å². The lowest BCUT2D eigenvalue weighted by molar-refractivity contribution is -0.120. The van der Waals surface area contributed by atoms with Crippen molar-refractivity contribution in [1.82, 2.24) is 20.3 Å². The molecule has 0 bridgehead atoms. The number of carbonyl (C=O) groups excluding carboxylic acids is 1. The highest BCUT2D eigenvalue weighted by Crippen LogP contribution is 2.13. The molecule has 138 valence electrons. The lowest BCUT2D eigenvalue weighted by Crippen LogP contribution is -2.30. The molecule has 2 N–H and O–H groups in total. The highest BCUT2D eigenvalue weighted by atomic mass is 35.5. The van der Waals surface area contributed by atoms with Crippen molar-refractivity contribution >= 4 is 17.5 Å². The van der Waals surface area contributed by atoms with E-state index >= 15 is 0 Å².